The van der Waals surface area contributed by atoms with Crippen molar-refractivity contribution in [2.45, 2.75) is 13.5 Å². The van der Waals surface area contributed by atoms with Crippen LogP contribution in [0.2, 0.25) is 0 Å². The highest BCUT2D eigenvalue weighted by molar-refractivity contribution is 6.06. The van der Waals surface area contributed by atoms with E-state index in [1.54, 1.807) is 0 Å². The molecule has 0 atom stereocenters. The van der Waals surface area contributed by atoms with E-state index >= 15 is 0 Å². The average Bonchev–Trinajstić information content (AvgIpc) is 2.58. The third-order valence-electron chi connectivity index (χ3n) is 3.76. The Morgan fingerprint density at radius 2 is 1.83 bits per heavy atom. The fourth-order valence-electron chi connectivity index (χ4n) is 2.60. The molecule has 1 heterocycles. The van der Waals surface area contributed by atoms with Gasteiger partial charge in [0.2, 0.25) is 5.95 Å². The van der Waals surface area contributed by atoms with E-state index in [0.717, 1.165) is 22.2 Å². The van der Waals surface area contributed by atoms with Gasteiger partial charge in [-0.3, -0.25) is 4.79 Å². The summed E-state index contributed by atoms with van der Waals surface area (Å²) in [7, 11) is 3.79. The summed E-state index contributed by atoms with van der Waals surface area (Å²) in [5.41, 5.74) is 2.34. The first-order valence-corrected chi connectivity index (χ1v) is 7.82. The van der Waals surface area contributed by atoms with Crippen molar-refractivity contribution in [1.82, 2.24) is 15.3 Å². The first-order valence-electron chi connectivity index (χ1n) is 7.82. The van der Waals surface area contributed by atoms with E-state index < -0.39 is 0 Å². The van der Waals surface area contributed by atoms with Crippen molar-refractivity contribution in [3.05, 3.63) is 65.5 Å². The first kappa shape index (κ1) is 15.9. The molecule has 0 unspecified atom stereocenters. The monoisotopic (exact) mass is 320 g/mol. The number of benzene rings is 2. The second kappa shape index (κ2) is 6.66. The molecule has 0 saturated heterocycles. The fourth-order valence-corrected chi connectivity index (χ4v) is 2.60. The maximum absolute atomic E-state index is 12.6. The average molecular weight is 320 g/mol. The van der Waals surface area contributed by atoms with Crippen LogP contribution >= 0.6 is 0 Å². The predicted octanol–water partition coefficient (Wildman–Crippen LogP) is 2.93. The second-order valence-corrected chi connectivity index (χ2v) is 5.90. The molecule has 5 heteroatoms. The Hall–Kier alpha value is -2.95. The van der Waals surface area contributed by atoms with E-state index in [4.69, 9.17) is 0 Å². The van der Waals surface area contributed by atoms with Crippen LogP contribution in [0.25, 0.3) is 10.8 Å². The van der Waals surface area contributed by atoms with Crippen LogP contribution in [0.3, 0.4) is 0 Å². The van der Waals surface area contributed by atoms with Gasteiger partial charge in [0.1, 0.15) is 0 Å². The quantitative estimate of drug-likeness (QED) is 0.803. The van der Waals surface area contributed by atoms with Gasteiger partial charge in [0.15, 0.2) is 0 Å². The summed E-state index contributed by atoms with van der Waals surface area (Å²) < 4.78 is 0. The molecule has 1 aromatic heterocycles. The minimum atomic E-state index is -0.102. The Balaban J connectivity index is 1.80. The van der Waals surface area contributed by atoms with Gasteiger partial charge in [0.05, 0.1) is 12.2 Å². The molecule has 5 nitrogen and oxygen atoms in total. The molecule has 24 heavy (non-hydrogen) atoms. The van der Waals surface area contributed by atoms with Crippen LogP contribution in [0, 0.1) is 6.92 Å². The number of hydrogen-bond donors (Lipinski definition) is 1. The summed E-state index contributed by atoms with van der Waals surface area (Å²) in [5.74, 6) is 0.541. The van der Waals surface area contributed by atoms with Gasteiger partial charge in [-0.15, -0.1) is 0 Å². The summed E-state index contributed by atoms with van der Waals surface area (Å²) in [5, 5.41) is 4.96. The molecule has 0 aliphatic heterocycles. The van der Waals surface area contributed by atoms with Gasteiger partial charge >= 0.3 is 0 Å². The summed E-state index contributed by atoms with van der Waals surface area (Å²) in [6.45, 7) is 2.29. The number of anilines is 1. The highest BCUT2D eigenvalue weighted by Crippen LogP contribution is 2.18. The topological polar surface area (TPSA) is 58.1 Å². The minimum absolute atomic E-state index is 0.102. The van der Waals surface area contributed by atoms with E-state index in [1.165, 1.54) is 0 Å². The van der Waals surface area contributed by atoms with E-state index in [9.17, 15) is 4.79 Å². The van der Waals surface area contributed by atoms with E-state index in [2.05, 4.69) is 15.3 Å². The lowest BCUT2D eigenvalue weighted by atomic mass is 10.0. The van der Waals surface area contributed by atoms with E-state index in [0.29, 0.717) is 18.1 Å². The lowest BCUT2D eigenvalue weighted by Gasteiger charge is -2.13. The van der Waals surface area contributed by atoms with Crippen LogP contribution in [0.4, 0.5) is 5.95 Å². The van der Waals surface area contributed by atoms with Crippen LogP contribution in [0.5, 0.6) is 0 Å². The van der Waals surface area contributed by atoms with Crippen LogP contribution in [0.1, 0.15) is 21.7 Å². The molecular formula is C19H20N4O. The third-order valence-corrected chi connectivity index (χ3v) is 3.76. The lowest BCUT2D eigenvalue weighted by Crippen LogP contribution is -2.24. The number of fused-ring (bicyclic) bond motifs is 1. The van der Waals surface area contributed by atoms with Gasteiger partial charge in [-0.2, -0.15) is 0 Å². The van der Waals surface area contributed by atoms with Crippen molar-refractivity contribution in [1.29, 1.82) is 0 Å². The number of nitrogens with zero attached hydrogens (tertiary/aromatic N) is 3. The standard InChI is InChI=1S/C19H20N4O/c1-13-11-15(22-19(21-13)23(2)3)12-20-18(24)17-10-6-8-14-7-4-5-9-16(14)17/h4-11H,12H2,1-3H3,(H,20,24). The molecule has 1 amide bonds. The van der Waals surface area contributed by atoms with Crippen molar-refractivity contribution in [3.8, 4) is 0 Å². The molecule has 1 N–H and O–H groups in total. The number of carbonyl (C=O) groups excluding carboxylic acids is 1. The molecule has 122 valence electrons. The Labute approximate surface area is 141 Å². The Kier molecular flexibility index (Phi) is 4.42. The van der Waals surface area contributed by atoms with Gasteiger partial charge in [0, 0.05) is 25.4 Å². The van der Waals surface area contributed by atoms with Gasteiger partial charge in [0.25, 0.3) is 5.91 Å². The van der Waals surface area contributed by atoms with Gasteiger partial charge < -0.3 is 10.2 Å². The van der Waals surface area contributed by atoms with Crippen molar-refractivity contribution in [2.75, 3.05) is 19.0 Å². The normalized spacial score (nSPS) is 10.6. The Bertz CT molecular complexity index is 884. The highest BCUT2D eigenvalue weighted by atomic mass is 16.1. The first-order chi connectivity index (χ1) is 11.5. The zero-order valence-electron chi connectivity index (χ0n) is 14.1. The van der Waals surface area contributed by atoms with Crippen molar-refractivity contribution < 1.29 is 4.79 Å². The van der Waals surface area contributed by atoms with E-state index in [1.807, 2.05) is 74.4 Å². The number of rotatable bonds is 4. The molecule has 3 rings (SSSR count). The minimum Gasteiger partial charge on any atom is -0.347 e. The SMILES string of the molecule is Cc1cc(CNC(=O)c2cccc3ccccc23)nc(N(C)C)n1. The third kappa shape index (κ3) is 3.35. The van der Waals surface area contributed by atoms with Crippen LogP contribution in [0.15, 0.2) is 48.5 Å². The Morgan fingerprint density at radius 1 is 1.08 bits per heavy atom. The predicted molar refractivity (Wildman–Crippen MR) is 96.2 cm³/mol. The fraction of sp³-hybridized carbons (Fsp3) is 0.211. The molecular weight excluding hydrogens is 300 g/mol. The zero-order valence-corrected chi connectivity index (χ0v) is 14.1. The van der Waals surface area contributed by atoms with Crippen molar-refractivity contribution in [2.24, 2.45) is 0 Å². The zero-order chi connectivity index (χ0) is 17.1. The molecule has 2 aromatic carbocycles. The number of nitrogens with one attached hydrogen (secondary N) is 1. The number of hydrogen-bond acceptors (Lipinski definition) is 4. The number of aryl methyl sites for hydroxylation is 1. The molecule has 0 saturated carbocycles. The molecule has 0 radical (unpaired) electrons. The maximum Gasteiger partial charge on any atom is 0.252 e. The maximum atomic E-state index is 12.6. The summed E-state index contributed by atoms with van der Waals surface area (Å²) >= 11 is 0. The molecule has 3 aromatic rings. The van der Waals surface area contributed by atoms with Crippen LogP contribution < -0.4 is 10.2 Å². The summed E-state index contributed by atoms with van der Waals surface area (Å²) in [4.78, 5) is 23.2. The molecule has 0 bridgehead atoms. The van der Waals surface area contributed by atoms with Crippen molar-refractivity contribution >= 4 is 22.6 Å². The van der Waals surface area contributed by atoms with Gasteiger partial charge in [-0.25, -0.2) is 9.97 Å². The Morgan fingerprint density at radius 3 is 2.62 bits per heavy atom. The lowest BCUT2D eigenvalue weighted by molar-refractivity contribution is 0.0952. The number of carbonyl (C=O) groups is 1. The van der Waals surface area contributed by atoms with Crippen LogP contribution in [-0.4, -0.2) is 30.0 Å². The summed E-state index contributed by atoms with van der Waals surface area (Å²) in [6, 6.07) is 15.5. The summed E-state index contributed by atoms with van der Waals surface area (Å²) in [6.07, 6.45) is 0. The number of amides is 1. The highest BCUT2D eigenvalue weighted by Gasteiger charge is 2.10. The largest absolute Gasteiger partial charge is 0.347 e. The van der Waals surface area contributed by atoms with Gasteiger partial charge in [-0.1, -0.05) is 36.4 Å². The van der Waals surface area contributed by atoms with Crippen molar-refractivity contribution in [3.63, 3.8) is 0 Å². The molecule has 0 spiro atoms. The number of aromatic nitrogens is 2. The molecule has 0 fully saturated rings. The van der Waals surface area contributed by atoms with Crippen LogP contribution in [-0.2, 0) is 6.54 Å². The van der Waals surface area contributed by atoms with Gasteiger partial charge in [-0.05, 0) is 29.8 Å². The smallest absolute Gasteiger partial charge is 0.252 e. The van der Waals surface area contributed by atoms with E-state index in [-0.39, 0.29) is 5.91 Å². The molecule has 0 aliphatic rings. The molecule has 0 aliphatic carbocycles. The second-order valence-electron chi connectivity index (χ2n) is 5.90.